The minimum absolute atomic E-state index is 0.00950. The van der Waals surface area contributed by atoms with Gasteiger partial charge in [-0.25, -0.2) is 0 Å². The summed E-state index contributed by atoms with van der Waals surface area (Å²) >= 11 is 0. The molecule has 24 heavy (non-hydrogen) atoms. The molecule has 0 saturated carbocycles. The van der Waals surface area contributed by atoms with E-state index in [0.717, 1.165) is 17.0 Å². The van der Waals surface area contributed by atoms with Gasteiger partial charge in [0, 0.05) is 31.6 Å². The summed E-state index contributed by atoms with van der Waals surface area (Å²) in [5.74, 6) is -0.471. The summed E-state index contributed by atoms with van der Waals surface area (Å²) in [6.07, 6.45) is 1.61. The van der Waals surface area contributed by atoms with E-state index in [4.69, 9.17) is 9.84 Å². The van der Waals surface area contributed by atoms with Crippen LogP contribution in [0.25, 0.3) is 6.08 Å². The number of ether oxygens (including phenoxy) is 1. The Bertz CT molecular complexity index is 641. The lowest BCUT2D eigenvalue weighted by molar-refractivity contribution is -0.117. The van der Waals surface area contributed by atoms with Gasteiger partial charge in [0.05, 0.1) is 12.6 Å². The number of methoxy groups -OCH3 is 1. The van der Waals surface area contributed by atoms with Crippen LogP contribution in [0, 0.1) is 31.1 Å². The summed E-state index contributed by atoms with van der Waals surface area (Å²) < 4.78 is 7.34. The third-order valence-corrected chi connectivity index (χ3v) is 3.96. The Kier molecular flexibility index (Phi) is 7.69. The van der Waals surface area contributed by atoms with Crippen LogP contribution in [0.4, 0.5) is 0 Å². The number of nitrogens with one attached hydrogen (secondary N) is 1. The topological polar surface area (TPSA) is 87.3 Å². The lowest BCUT2D eigenvalue weighted by atomic mass is 10.1. The van der Waals surface area contributed by atoms with Gasteiger partial charge in [0.15, 0.2) is 0 Å². The average Bonchev–Trinajstić information content (AvgIpc) is 2.83. The van der Waals surface area contributed by atoms with E-state index in [0.29, 0.717) is 13.2 Å². The molecular weight excluding hydrogens is 306 g/mol. The number of aliphatic hydroxyl groups excluding tert-OH is 1. The molecule has 0 aliphatic carbocycles. The van der Waals surface area contributed by atoms with Crippen LogP contribution in [0.15, 0.2) is 11.6 Å². The van der Waals surface area contributed by atoms with Gasteiger partial charge in [-0.1, -0.05) is 6.92 Å². The Morgan fingerprint density at radius 1 is 1.50 bits per heavy atom. The minimum Gasteiger partial charge on any atom is -0.396 e. The lowest BCUT2D eigenvalue weighted by Crippen LogP contribution is -2.30. The summed E-state index contributed by atoms with van der Waals surface area (Å²) in [4.78, 5) is 12.1. The first-order valence-electron chi connectivity index (χ1n) is 8.03. The van der Waals surface area contributed by atoms with Gasteiger partial charge in [0.2, 0.25) is 0 Å². The average molecular weight is 333 g/mol. The fourth-order valence-electron chi connectivity index (χ4n) is 2.67. The van der Waals surface area contributed by atoms with Crippen molar-refractivity contribution in [2.75, 3.05) is 26.9 Å². The molecule has 0 radical (unpaired) electrons. The summed E-state index contributed by atoms with van der Waals surface area (Å²) in [5.41, 5.74) is 2.94. The van der Waals surface area contributed by atoms with Crippen molar-refractivity contribution < 1.29 is 14.6 Å². The number of aromatic nitrogens is 1. The zero-order valence-corrected chi connectivity index (χ0v) is 15.1. The predicted octanol–water partition coefficient (Wildman–Crippen LogP) is 1.96. The number of hydrogen-bond donors (Lipinski definition) is 2. The maximum atomic E-state index is 12.1. The second-order valence-electron chi connectivity index (χ2n) is 6.17. The third-order valence-electron chi connectivity index (χ3n) is 3.96. The molecule has 6 heteroatoms. The Morgan fingerprint density at radius 3 is 2.71 bits per heavy atom. The summed E-state index contributed by atoms with van der Waals surface area (Å²) in [5, 5.41) is 21.0. The molecule has 6 nitrogen and oxygen atoms in total. The van der Waals surface area contributed by atoms with Gasteiger partial charge in [-0.15, -0.1) is 0 Å². The normalized spacial score (nSPS) is 14.1. The monoisotopic (exact) mass is 333 g/mol. The van der Waals surface area contributed by atoms with Gasteiger partial charge >= 0.3 is 0 Å². The summed E-state index contributed by atoms with van der Waals surface area (Å²) in [6, 6.07) is 4.08. The van der Waals surface area contributed by atoms with Crippen molar-refractivity contribution in [2.45, 2.75) is 33.7 Å². The van der Waals surface area contributed by atoms with Crippen LogP contribution in [0.2, 0.25) is 0 Å². The van der Waals surface area contributed by atoms with Gasteiger partial charge in [-0.05, 0) is 44.4 Å². The fraction of sp³-hybridized carbons (Fsp3) is 0.556. The van der Waals surface area contributed by atoms with E-state index >= 15 is 0 Å². The van der Waals surface area contributed by atoms with Crippen molar-refractivity contribution in [1.82, 2.24) is 9.88 Å². The molecule has 1 amide bonds. The molecule has 0 aromatic carbocycles. The molecule has 1 aromatic rings. The van der Waals surface area contributed by atoms with E-state index in [1.165, 1.54) is 0 Å². The quantitative estimate of drug-likeness (QED) is 0.562. The second-order valence-corrected chi connectivity index (χ2v) is 6.17. The Hall–Kier alpha value is -2.10. The fourth-order valence-corrected chi connectivity index (χ4v) is 2.67. The maximum Gasteiger partial charge on any atom is 0.261 e. The molecule has 0 saturated heterocycles. The number of aryl methyl sites for hydroxylation is 1. The largest absolute Gasteiger partial charge is 0.396 e. The molecule has 0 aliphatic heterocycles. The molecule has 1 aromatic heterocycles. The van der Waals surface area contributed by atoms with Gasteiger partial charge in [0.25, 0.3) is 5.91 Å². The standard InChI is InChI=1S/C18H27N3O3/c1-12(10-22)9-20-18(23)17(8-19)7-16-6-13(2)21(15(16)4)14(3)11-24-5/h6-7,12,14,22H,9-11H2,1-5H3,(H,20,23)/b17-7-. The van der Waals surface area contributed by atoms with Gasteiger partial charge in [-0.2, -0.15) is 5.26 Å². The molecule has 0 aliphatic rings. The third kappa shape index (κ3) is 4.95. The molecule has 2 N–H and O–H groups in total. The first-order chi connectivity index (χ1) is 11.3. The molecule has 0 fully saturated rings. The SMILES string of the molecule is COCC(C)n1c(C)cc(/C=C(/C#N)C(=O)NCC(C)CO)c1C. The van der Waals surface area contributed by atoms with Crippen molar-refractivity contribution in [2.24, 2.45) is 5.92 Å². The molecule has 0 spiro atoms. The lowest BCUT2D eigenvalue weighted by Gasteiger charge is -2.17. The molecule has 2 unspecified atom stereocenters. The number of rotatable bonds is 8. The second kappa shape index (κ2) is 9.26. The number of nitriles is 1. The number of hydrogen-bond acceptors (Lipinski definition) is 4. The molecular formula is C18H27N3O3. The molecule has 132 valence electrons. The highest BCUT2D eigenvalue weighted by Crippen LogP contribution is 2.22. The van der Waals surface area contributed by atoms with Crippen LogP contribution in [0.3, 0.4) is 0 Å². The van der Waals surface area contributed by atoms with Crippen LogP contribution in [-0.4, -0.2) is 42.4 Å². The van der Waals surface area contributed by atoms with Crippen molar-refractivity contribution in [3.63, 3.8) is 0 Å². The van der Waals surface area contributed by atoms with Crippen LogP contribution < -0.4 is 5.32 Å². The number of amides is 1. The van der Waals surface area contributed by atoms with Crippen molar-refractivity contribution in [1.29, 1.82) is 5.26 Å². The highest BCUT2D eigenvalue weighted by atomic mass is 16.5. The maximum absolute atomic E-state index is 12.1. The molecule has 2 atom stereocenters. The van der Waals surface area contributed by atoms with Crippen LogP contribution >= 0.6 is 0 Å². The van der Waals surface area contributed by atoms with Crippen LogP contribution in [0.1, 0.15) is 36.8 Å². The van der Waals surface area contributed by atoms with Crippen LogP contribution in [0.5, 0.6) is 0 Å². The molecule has 1 rings (SSSR count). The number of carbonyl (C=O) groups is 1. The van der Waals surface area contributed by atoms with Gasteiger partial charge < -0.3 is 19.7 Å². The minimum atomic E-state index is -0.424. The number of nitrogens with zero attached hydrogens (tertiary/aromatic N) is 2. The van der Waals surface area contributed by atoms with E-state index < -0.39 is 5.91 Å². The van der Waals surface area contributed by atoms with Crippen LogP contribution in [-0.2, 0) is 9.53 Å². The molecule has 0 bridgehead atoms. The highest BCUT2D eigenvalue weighted by Gasteiger charge is 2.16. The van der Waals surface area contributed by atoms with Crippen molar-refractivity contribution >= 4 is 12.0 Å². The summed E-state index contributed by atoms with van der Waals surface area (Å²) in [6.45, 7) is 8.75. The van der Waals surface area contributed by atoms with Gasteiger partial charge in [-0.3, -0.25) is 4.79 Å². The van der Waals surface area contributed by atoms with E-state index in [2.05, 4.69) is 16.8 Å². The van der Waals surface area contributed by atoms with E-state index in [-0.39, 0.29) is 24.1 Å². The van der Waals surface area contributed by atoms with E-state index in [1.54, 1.807) is 13.2 Å². The Labute approximate surface area is 143 Å². The van der Waals surface area contributed by atoms with E-state index in [9.17, 15) is 10.1 Å². The first kappa shape index (κ1) is 19.9. The van der Waals surface area contributed by atoms with Gasteiger partial charge in [0.1, 0.15) is 11.6 Å². The number of carbonyl (C=O) groups excluding carboxylic acids is 1. The smallest absolute Gasteiger partial charge is 0.261 e. The zero-order chi connectivity index (χ0) is 18.3. The summed E-state index contributed by atoms with van der Waals surface area (Å²) in [7, 11) is 1.66. The van der Waals surface area contributed by atoms with E-state index in [1.807, 2.05) is 32.9 Å². The number of aliphatic hydroxyl groups is 1. The van der Waals surface area contributed by atoms with Crippen molar-refractivity contribution in [3.05, 3.63) is 28.6 Å². The Balaban J connectivity index is 3.03. The van der Waals surface area contributed by atoms with Crippen molar-refractivity contribution in [3.8, 4) is 6.07 Å². The molecule has 1 heterocycles. The zero-order valence-electron chi connectivity index (χ0n) is 15.1. The highest BCUT2D eigenvalue weighted by molar-refractivity contribution is 6.01. The Morgan fingerprint density at radius 2 is 2.17 bits per heavy atom. The predicted molar refractivity (Wildman–Crippen MR) is 93.3 cm³/mol. The first-order valence-corrected chi connectivity index (χ1v) is 8.03.